The molecule has 1 rings (SSSR count). The molecule has 0 aliphatic heterocycles. The maximum Gasteiger partial charge on any atom is 0.198 e. The van der Waals surface area contributed by atoms with E-state index < -0.39 is 5.82 Å². The highest BCUT2D eigenvalue weighted by Crippen LogP contribution is 2.35. The number of aryl methyl sites for hydroxylation is 1. The normalized spacial score (nSPS) is 9.36. The van der Waals surface area contributed by atoms with Crippen LogP contribution in [0.25, 0.3) is 0 Å². The molecule has 0 amide bonds. The smallest absolute Gasteiger partial charge is 0.198 e. The lowest BCUT2D eigenvalue weighted by Gasteiger charge is -2.11. The van der Waals surface area contributed by atoms with Crippen molar-refractivity contribution < 1.29 is 13.9 Å². The highest BCUT2D eigenvalue weighted by atomic mass is 19.1. The number of halogens is 1. The van der Waals surface area contributed by atoms with Gasteiger partial charge in [-0.25, -0.2) is 4.39 Å². The zero-order valence-corrected chi connectivity index (χ0v) is 8.22. The van der Waals surface area contributed by atoms with Crippen molar-refractivity contribution in [1.82, 2.24) is 0 Å². The Morgan fingerprint density at radius 2 is 1.86 bits per heavy atom. The number of benzene rings is 1. The van der Waals surface area contributed by atoms with Crippen molar-refractivity contribution >= 4 is 0 Å². The standard InChI is InChI=1S/C10H10FNO2/c1-6-4-8(11)10(14-3)9(13-2)7(6)5-12/h4H,1-3H3. The molecule has 1 aromatic carbocycles. The first-order valence-electron chi connectivity index (χ1n) is 3.96. The average Bonchev–Trinajstić information content (AvgIpc) is 2.16. The maximum atomic E-state index is 13.3. The van der Waals surface area contributed by atoms with E-state index in [1.807, 2.05) is 6.07 Å². The average molecular weight is 195 g/mol. The quantitative estimate of drug-likeness (QED) is 0.725. The molecule has 4 heteroatoms. The van der Waals surface area contributed by atoms with Gasteiger partial charge in [-0.05, 0) is 18.6 Å². The Kier molecular flexibility index (Phi) is 2.92. The number of methoxy groups -OCH3 is 2. The first-order valence-corrected chi connectivity index (χ1v) is 3.96. The van der Waals surface area contributed by atoms with Gasteiger partial charge in [-0.2, -0.15) is 5.26 Å². The molecular weight excluding hydrogens is 185 g/mol. The summed E-state index contributed by atoms with van der Waals surface area (Å²) in [6, 6.07) is 3.19. The van der Waals surface area contributed by atoms with Gasteiger partial charge in [0.25, 0.3) is 0 Å². The van der Waals surface area contributed by atoms with Gasteiger partial charge in [0.1, 0.15) is 11.6 Å². The minimum atomic E-state index is -0.527. The summed E-state index contributed by atoms with van der Waals surface area (Å²) in [5, 5.41) is 8.83. The number of nitriles is 1. The monoisotopic (exact) mass is 195 g/mol. The summed E-state index contributed by atoms with van der Waals surface area (Å²) in [5.41, 5.74) is 0.827. The van der Waals surface area contributed by atoms with E-state index in [2.05, 4.69) is 0 Å². The van der Waals surface area contributed by atoms with Gasteiger partial charge in [-0.3, -0.25) is 0 Å². The molecule has 0 aliphatic carbocycles. The highest BCUT2D eigenvalue weighted by Gasteiger charge is 2.17. The second-order valence-corrected chi connectivity index (χ2v) is 2.73. The summed E-state index contributed by atoms with van der Waals surface area (Å²) in [4.78, 5) is 0. The number of nitrogens with zero attached hydrogens (tertiary/aromatic N) is 1. The summed E-state index contributed by atoms with van der Waals surface area (Å²) >= 11 is 0. The molecule has 0 aromatic heterocycles. The molecule has 0 saturated carbocycles. The van der Waals surface area contributed by atoms with Crippen molar-refractivity contribution in [2.45, 2.75) is 6.92 Å². The highest BCUT2D eigenvalue weighted by molar-refractivity contribution is 5.57. The molecule has 1 aromatic rings. The van der Waals surface area contributed by atoms with Gasteiger partial charge in [-0.15, -0.1) is 0 Å². The minimum Gasteiger partial charge on any atom is -0.491 e. The van der Waals surface area contributed by atoms with E-state index in [1.165, 1.54) is 20.3 Å². The second kappa shape index (κ2) is 3.97. The van der Waals surface area contributed by atoms with Crippen LogP contribution in [0.4, 0.5) is 4.39 Å². The largest absolute Gasteiger partial charge is 0.491 e. The molecule has 0 saturated heterocycles. The van der Waals surface area contributed by atoms with Gasteiger partial charge in [0.05, 0.1) is 14.2 Å². The Hall–Kier alpha value is -1.76. The fourth-order valence-corrected chi connectivity index (χ4v) is 1.25. The molecule has 74 valence electrons. The van der Waals surface area contributed by atoms with Gasteiger partial charge in [0.2, 0.25) is 0 Å². The first kappa shape index (κ1) is 10.3. The van der Waals surface area contributed by atoms with Crippen LogP contribution in [0.15, 0.2) is 6.07 Å². The van der Waals surface area contributed by atoms with Crippen LogP contribution in [-0.4, -0.2) is 14.2 Å². The summed E-state index contributed by atoms with van der Waals surface area (Å²) in [6.45, 7) is 1.64. The molecule has 0 N–H and O–H groups in total. The van der Waals surface area contributed by atoms with E-state index in [9.17, 15) is 4.39 Å². The Labute approximate surface area is 81.7 Å². The third-order valence-electron chi connectivity index (χ3n) is 1.91. The molecule has 0 bridgehead atoms. The first-order chi connectivity index (χ1) is 6.65. The van der Waals surface area contributed by atoms with Crippen molar-refractivity contribution in [3.63, 3.8) is 0 Å². The minimum absolute atomic E-state index is 0.0327. The number of ether oxygens (including phenoxy) is 2. The Morgan fingerprint density at radius 3 is 2.29 bits per heavy atom. The molecule has 0 radical (unpaired) electrons. The van der Waals surface area contributed by atoms with Crippen LogP contribution in [0.3, 0.4) is 0 Å². The fourth-order valence-electron chi connectivity index (χ4n) is 1.25. The second-order valence-electron chi connectivity index (χ2n) is 2.73. The Bertz CT molecular complexity index is 396. The van der Waals surface area contributed by atoms with E-state index >= 15 is 0 Å². The van der Waals surface area contributed by atoms with Crippen LogP contribution < -0.4 is 9.47 Å². The van der Waals surface area contributed by atoms with Gasteiger partial charge >= 0.3 is 0 Å². The van der Waals surface area contributed by atoms with Gasteiger partial charge < -0.3 is 9.47 Å². The molecule has 0 heterocycles. The maximum absolute atomic E-state index is 13.3. The molecule has 0 atom stereocenters. The number of hydrogen-bond acceptors (Lipinski definition) is 3. The Morgan fingerprint density at radius 1 is 1.29 bits per heavy atom. The molecule has 14 heavy (non-hydrogen) atoms. The lowest BCUT2D eigenvalue weighted by molar-refractivity contribution is 0.336. The fraction of sp³-hybridized carbons (Fsp3) is 0.300. The SMILES string of the molecule is COc1c(F)cc(C)c(C#N)c1OC. The molecule has 0 spiro atoms. The zero-order valence-electron chi connectivity index (χ0n) is 8.22. The van der Waals surface area contributed by atoms with Gasteiger partial charge in [-0.1, -0.05) is 0 Å². The summed E-state index contributed by atoms with van der Waals surface area (Å²) < 4.78 is 23.0. The predicted octanol–water partition coefficient (Wildman–Crippen LogP) is 2.02. The molecule has 0 fully saturated rings. The molecule has 0 unspecified atom stereocenters. The van der Waals surface area contributed by atoms with Crippen molar-refractivity contribution in [3.8, 4) is 17.6 Å². The summed E-state index contributed by atoms with van der Waals surface area (Å²) in [7, 11) is 2.70. The topological polar surface area (TPSA) is 42.2 Å². The van der Waals surface area contributed by atoms with E-state index in [1.54, 1.807) is 6.92 Å². The van der Waals surface area contributed by atoms with Gasteiger partial charge in [0.15, 0.2) is 17.3 Å². The molecule has 3 nitrogen and oxygen atoms in total. The van der Waals surface area contributed by atoms with Crippen LogP contribution >= 0.6 is 0 Å². The predicted molar refractivity (Wildman–Crippen MR) is 49.0 cm³/mol. The van der Waals surface area contributed by atoms with Crippen LogP contribution in [0.5, 0.6) is 11.5 Å². The molecular formula is C10H10FNO2. The van der Waals surface area contributed by atoms with Crippen molar-refractivity contribution in [2.24, 2.45) is 0 Å². The lowest BCUT2D eigenvalue weighted by atomic mass is 10.1. The number of hydrogen-bond donors (Lipinski definition) is 0. The summed E-state index contributed by atoms with van der Waals surface area (Å²) in [5.74, 6) is -0.414. The molecule has 0 aliphatic rings. The van der Waals surface area contributed by atoms with Crippen LogP contribution in [-0.2, 0) is 0 Å². The van der Waals surface area contributed by atoms with E-state index in [-0.39, 0.29) is 11.5 Å². The van der Waals surface area contributed by atoms with Crippen LogP contribution in [0, 0.1) is 24.1 Å². The van der Waals surface area contributed by atoms with E-state index in [0.717, 1.165) is 0 Å². The summed E-state index contributed by atoms with van der Waals surface area (Å²) in [6.07, 6.45) is 0. The van der Waals surface area contributed by atoms with Crippen LogP contribution in [0.2, 0.25) is 0 Å². The number of rotatable bonds is 2. The van der Waals surface area contributed by atoms with Crippen molar-refractivity contribution in [3.05, 3.63) is 23.0 Å². The van der Waals surface area contributed by atoms with E-state index in [4.69, 9.17) is 14.7 Å². The zero-order chi connectivity index (χ0) is 10.7. The Balaban J connectivity index is 3.53. The third kappa shape index (κ3) is 1.49. The van der Waals surface area contributed by atoms with Gasteiger partial charge in [0, 0.05) is 0 Å². The third-order valence-corrected chi connectivity index (χ3v) is 1.91. The van der Waals surface area contributed by atoms with Crippen LogP contribution in [0.1, 0.15) is 11.1 Å². The van der Waals surface area contributed by atoms with E-state index in [0.29, 0.717) is 11.1 Å². The van der Waals surface area contributed by atoms with Crippen molar-refractivity contribution in [2.75, 3.05) is 14.2 Å². The lowest BCUT2D eigenvalue weighted by Crippen LogP contribution is -1.98. The van der Waals surface area contributed by atoms with Crippen molar-refractivity contribution in [1.29, 1.82) is 5.26 Å².